The van der Waals surface area contributed by atoms with Gasteiger partial charge in [0.15, 0.2) is 0 Å². The number of aromatic nitrogens is 3. The lowest BCUT2D eigenvalue weighted by atomic mass is 9.94. The van der Waals surface area contributed by atoms with Crippen LogP contribution in [0.5, 0.6) is 0 Å². The molecule has 1 aromatic rings. The zero-order valence-electron chi connectivity index (χ0n) is 16.0. The Morgan fingerprint density at radius 1 is 1.20 bits per heavy atom. The molecule has 6 heteroatoms. The molecule has 2 aliphatic rings. The Labute approximate surface area is 151 Å². The van der Waals surface area contributed by atoms with Crippen LogP contribution in [0.25, 0.3) is 0 Å². The third-order valence-electron chi connectivity index (χ3n) is 5.66. The number of carbonyl (C=O) groups excluding carboxylic acids is 1. The van der Waals surface area contributed by atoms with Crippen molar-refractivity contribution >= 4 is 5.91 Å². The van der Waals surface area contributed by atoms with E-state index < -0.39 is 0 Å². The SMILES string of the molecule is CCn1cnnc1C1CCN(C(=O)[C@@H]2CCCCN2CC(C)C)CC1. The zero-order valence-corrected chi connectivity index (χ0v) is 16.0. The lowest BCUT2D eigenvalue weighted by Crippen LogP contribution is -2.53. The van der Waals surface area contributed by atoms with Crippen molar-refractivity contribution in [3.63, 3.8) is 0 Å². The van der Waals surface area contributed by atoms with Crippen molar-refractivity contribution in [2.75, 3.05) is 26.2 Å². The normalized spacial score (nSPS) is 23.4. The molecule has 0 unspecified atom stereocenters. The van der Waals surface area contributed by atoms with Crippen molar-refractivity contribution < 1.29 is 4.79 Å². The van der Waals surface area contributed by atoms with Crippen LogP contribution in [0.2, 0.25) is 0 Å². The molecule has 140 valence electrons. The van der Waals surface area contributed by atoms with E-state index in [1.165, 1.54) is 12.8 Å². The lowest BCUT2D eigenvalue weighted by molar-refractivity contribution is -0.139. The topological polar surface area (TPSA) is 54.3 Å². The Balaban J connectivity index is 1.59. The summed E-state index contributed by atoms with van der Waals surface area (Å²) in [5.41, 5.74) is 0. The van der Waals surface area contributed by atoms with Gasteiger partial charge in [-0.25, -0.2) is 0 Å². The fourth-order valence-corrected chi connectivity index (χ4v) is 4.35. The van der Waals surface area contributed by atoms with Crippen molar-refractivity contribution in [3.8, 4) is 0 Å². The van der Waals surface area contributed by atoms with Gasteiger partial charge in [0.05, 0.1) is 6.04 Å². The minimum atomic E-state index is 0.104. The van der Waals surface area contributed by atoms with Gasteiger partial charge in [0.1, 0.15) is 12.2 Å². The standard InChI is InChI=1S/C19H33N5O/c1-4-22-14-20-21-18(22)16-8-11-23(12-9-16)19(25)17-7-5-6-10-24(17)13-15(2)3/h14-17H,4-13H2,1-3H3/t17-/m0/s1. The number of rotatable bonds is 5. The van der Waals surface area contributed by atoms with Crippen LogP contribution in [-0.4, -0.2) is 62.7 Å². The number of aryl methyl sites for hydroxylation is 1. The molecular weight excluding hydrogens is 314 g/mol. The third kappa shape index (κ3) is 4.22. The third-order valence-corrected chi connectivity index (χ3v) is 5.66. The molecule has 2 fully saturated rings. The number of carbonyl (C=O) groups is 1. The van der Waals surface area contributed by atoms with Crippen LogP contribution < -0.4 is 0 Å². The highest BCUT2D eigenvalue weighted by Crippen LogP contribution is 2.28. The fraction of sp³-hybridized carbons (Fsp3) is 0.842. The molecule has 1 amide bonds. The largest absolute Gasteiger partial charge is 0.341 e. The summed E-state index contributed by atoms with van der Waals surface area (Å²) in [5, 5.41) is 8.38. The van der Waals surface area contributed by atoms with Crippen LogP contribution >= 0.6 is 0 Å². The minimum Gasteiger partial charge on any atom is -0.341 e. The highest BCUT2D eigenvalue weighted by Gasteiger charge is 2.34. The number of amides is 1. The first kappa shape index (κ1) is 18.4. The monoisotopic (exact) mass is 347 g/mol. The van der Waals surface area contributed by atoms with Crippen LogP contribution in [0, 0.1) is 5.92 Å². The summed E-state index contributed by atoms with van der Waals surface area (Å²) in [4.78, 5) is 17.6. The van der Waals surface area contributed by atoms with Gasteiger partial charge in [-0.3, -0.25) is 9.69 Å². The van der Waals surface area contributed by atoms with E-state index in [1.54, 1.807) is 0 Å². The van der Waals surface area contributed by atoms with Gasteiger partial charge in [-0.2, -0.15) is 0 Å². The van der Waals surface area contributed by atoms with E-state index in [0.717, 1.165) is 57.8 Å². The average Bonchev–Trinajstić information content (AvgIpc) is 3.10. The number of hydrogen-bond donors (Lipinski definition) is 0. The maximum absolute atomic E-state index is 13.1. The van der Waals surface area contributed by atoms with Gasteiger partial charge in [-0.05, 0) is 45.1 Å². The first-order valence-corrected chi connectivity index (χ1v) is 10.0. The second-order valence-electron chi connectivity index (χ2n) is 7.98. The van der Waals surface area contributed by atoms with Gasteiger partial charge in [0, 0.05) is 32.1 Å². The predicted octanol–water partition coefficient (Wildman–Crippen LogP) is 2.51. The van der Waals surface area contributed by atoms with E-state index in [0.29, 0.717) is 17.7 Å². The second kappa shape index (κ2) is 8.30. The highest BCUT2D eigenvalue weighted by molar-refractivity contribution is 5.82. The number of piperidine rings is 2. The quantitative estimate of drug-likeness (QED) is 0.821. The molecule has 3 heterocycles. The zero-order chi connectivity index (χ0) is 17.8. The number of likely N-dealkylation sites (tertiary alicyclic amines) is 2. The van der Waals surface area contributed by atoms with Crippen molar-refractivity contribution in [1.29, 1.82) is 0 Å². The van der Waals surface area contributed by atoms with Crippen molar-refractivity contribution in [1.82, 2.24) is 24.6 Å². The van der Waals surface area contributed by atoms with E-state index >= 15 is 0 Å². The van der Waals surface area contributed by atoms with Gasteiger partial charge in [0.2, 0.25) is 5.91 Å². The van der Waals surface area contributed by atoms with E-state index in [1.807, 2.05) is 6.33 Å². The molecular formula is C19H33N5O. The van der Waals surface area contributed by atoms with Crippen molar-refractivity contribution in [2.24, 2.45) is 5.92 Å². The van der Waals surface area contributed by atoms with E-state index in [-0.39, 0.29) is 6.04 Å². The van der Waals surface area contributed by atoms with Crippen molar-refractivity contribution in [2.45, 2.75) is 71.4 Å². The summed E-state index contributed by atoms with van der Waals surface area (Å²) < 4.78 is 2.13. The molecule has 0 aromatic carbocycles. The second-order valence-corrected chi connectivity index (χ2v) is 7.98. The maximum atomic E-state index is 13.1. The molecule has 0 aliphatic carbocycles. The molecule has 0 spiro atoms. The van der Waals surface area contributed by atoms with Crippen LogP contribution in [0.3, 0.4) is 0 Å². The van der Waals surface area contributed by atoms with Crippen LogP contribution in [-0.2, 0) is 11.3 Å². The Hall–Kier alpha value is -1.43. The summed E-state index contributed by atoms with van der Waals surface area (Å²) in [5.74, 6) is 2.49. The van der Waals surface area contributed by atoms with E-state index in [4.69, 9.17) is 0 Å². The minimum absolute atomic E-state index is 0.104. The van der Waals surface area contributed by atoms with Gasteiger partial charge >= 0.3 is 0 Å². The van der Waals surface area contributed by atoms with Gasteiger partial charge in [-0.1, -0.05) is 20.3 Å². The van der Waals surface area contributed by atoms with Crippen LogP contribution in [0.15, 0.2) is 6.33 Å². The lowest BCUT2D eigenvalue weighted by Gasteiger charge is -2.40. The summed E-state index contributed by atoms with van der Waals surface area (Å²) in [7, 11) is 0. The molecule has 0 radical (unpaired) electrons. The Morgan fingerprint density at radius 2 is 1.96 bits per heavy atom. The van der Waals surface area contributed by atoms with Crippen molar-refractivity contribution in [3.05, 3.63) is 12.2 Å². The van der Waals surface area contributed by atoms with Gasteiger partial charge < -0.3 is 9.47 Å². The first-order chi connectivity index (χ1) is 12.1. The van der Waals surface area contributed by atoms with Gasteiger partial charge in [0.25, 0.3) is 0 Å². The number of nitrogens with zero attached hydrogens (tertiary/aromatic N) is 5. The molecule has 3 rings (SSSR count). The van der Waals surface area contributed by atoms with E-state index in [2.05, 4.69) is 45.3 Å². The Kier molecular flexibility index (Phi) is 6.10. The Morgan fingerprint density at radius 3 is 2.64 bits per heavy atom. The molecule has 25 heavy (non-hydrogen) atoms. The molecule has 2 aliphatic heterocycles. The molecule has 0 N–H and O–H groups in total. The molecule has 0 bridgehead atoms. The molecule has 6 nitrogen and oxygen atoms in total. The number of hydrogen-bond acceptors (Lipinski definition) is 4. The predicted molar refractivity (Wildman–Crippen MR) is 98.3 cm³/mol. The highest BCUT2D eigenvalue weighted by atomic mass is 16.2. The smallest absolute Gasteiger partial charge is 0.239 e. The summed E-state index contributed by atoms with van der Waals surface area (Å²) in [6.07, 6.45) is 7.25. The summed E-state index contributed by atoms with van der Waals surface area (Å²) >= 11 is 0. The molecule has 0 saturated carbocycles. The summed E-state index contributed by atoms with van der Waals surface area (Å²) in [6, 6.07) is 0.104. The fourth-order valence-electron chi connectivity index (χ4n) is 4.35. The van der Waals surface area contributed by atoms with Crippen LogP contribution in [0.4, 0.5) is 0 Å². The van der Waals surface area contributed by atoms with Gasteiger partial charge in [-0.15, -0.1) is 10.2 Å². The van der Waals surface area contributed by atoms with Crippen LogP contribution in [0.1, 0.15) is 64.6 Å². The Bertz CT molecular complexity index is 562. The molecule has 2 saturated heterocycles. The van der Waals surface area contributed by atoms with E-state index in [9.17, 15) is 4.79 Å². The maximum Gasteiger partial charge on any atom is 0.239 e. The summed E-state index contributed by atoms with van der Waals surface area (Å²) in [6.45, 7) is 11.3. The first-order valence-electron chi connectivity index (χ1n) is 10.0. The average molecular weight is 348 g/mol. The molecule has 1 aromatic heterocycles. The molecule has 1 atom stereocenters.